The van der Waals surface area contributed by atoms with E-state index in [1.807, 2.05) is 49.5 Å². The Morgan fingerprint density at radius 1 is 1.17 bits per heavy atom. The third kappa shape index (κ3) is 3.54. The zero-order valence-electron chi connectivity index (χ0n) is 13.8. The van der Waals surface area contributed by atoms with E-state index in [9.17, 15) is 4.79 Å². The average molecular weight is 342 g/mol. The number of nitrogens with zero attached hydrogens (tertiary/aromatic N) is 2. The molecule has 1 heterocycles. The molecule has 3 aromatic rings. The molecule has 0 atom stereocenters. The van der Waals surface area contributed by atoms with Crippen LogP contribution in [0.1, 0.15) is 6.42 Å². The molecule has 0 saturated carbocycles. The summed E-state index contributed by atoms with van der Waals surface area (Å²) in [4.78, 5) is 14.3. The number of anilines is 2. The predicted octanol–water partition coefficient (Wildman–Crippen LogP) is 4.39. The van der Waals surface area contributed by atoms with Crippen molar-refractivity contribution in [3.05, 3.63) is 59.8 Å². The summed E-state index contributed by atoms with van der Waals surface area (Å²) in [5.74, 6) is -0.0295. The molecule has 1 aromatic heterocycles. The minimum absolute atomic E-state index is 0.0295. The van der Waals surface area contributed by atoms with Gasteiger partial charge in [0.2, 0.25) is 5.91 Å². The van der Waals surface area contributed by atoms with Crippen molar-refractivity contribution in [1.82, 2.24) is 4.57 Å². The van der Waals surface area contributed by atoms with Crippen molar-refractivity contribution in [3.63, 3.8) is 0 Å². The summed E-state index contributed by atoms with van der Waals surface area (Å²) in [5, 5.41) is 4.75. The van der Waals surface area contributed by atoms with E-state index in [4.69, 9.17) is 11.6 Å². The molecule has 0 saturated heterocycles. The van der Waals surface area contributed by atoms with Gasteiger partial charge in [0.05, 0.1) is 11.4 Å². The van der Waals surface area contributed by atoms with E-state index in [0.717, 1.165) is 16.9 Å². The molecular weight excluding hydrogens is 322 g/mol. The van der Waals surface area contributed by atoms with Gasteiger partial charge in [0.25, 0.3) is 0 Å². The van der Waals surface area contributed by atoms with Crippen LogP contribution in [-0.2, 0) is 11.3 Å². The largest absolute Gasteiger partial charge is 0.376 e. The topological polar surface area (TPSA) is 37.3 Å². The van der Waals surface area contributed by atoms with Crippen LogP contribution < -0.4 is 10.2 Å². The quantitative estimate of drug-likeness (QED) is 0.747. The highest BCUT2D eigenvalue weighted by atomic mass is 35.5. The van der Waals surface area contributed by atoms with E-state index >= 15 is 0 Å². The Morgan fingerprint density at radius 2 is 1.96 bits per heavy atom. The number of carbonyl (C=O) groups is 1. The number of amides is 1. The Morgan fingerprint density at radius 3 is 2.75 bits per heavy atom. The number of benzene rings is 2. The molecule has 24 heavy (non-hydrogen) atoms. The molecule has 1 N–H and O–H groups in total. The molecule has 0 spiro atoms. The Kier molecular flexibility index (Phi) is 4.76. The highest BCUT2D eigenvalue weighted by molar-refractivity contribution is 6.31. The highest BCUT2D eigenvalue weighted by Gasteiger charge is 2.10. The van der Waals surface area contributed by atoms with Crippen molar-refractivity contribution < 1.29 is 4.79 Å². The second kappa shape index (κ2) is 6.97. The van der Waals surface area contributed by atoms with Crippen molar-refractivity contribution in [2.75, 3.05) is 24.3 Å². The van der Waals surface area contributed by atoms with Gasteiger partial charge in [-0.05, 0) is 35.7 Å². The van der Waals surface area contributed by atoms with E-state index in [0.29, 0.717) is 18.0 Å². The van der Waals surface area contributed by atoms with Gasteiger partial charge in [0.1, 0.15) is 0 Å². The van der Waals surface area contributed by atoms with E-state index in [1.54, 1.807) is 6.07 Å². The standard InChI is InChI=1S/C19H20ClN3O/c1-22(2)18-8-7-15(20)13-16(18)21-19(24)10-12-23-11-9-14-5-3-4-6-17(14)23/h3-9,11,13H,10,12H2,1-2H3,(H,21,24). The minimum atomic E-state index is -0.0295. The first kappa shape index (κ1) is 16.4. The molecule has 0 radical (unpaired) electrons. The molecule has 4 nitrogen and oxygen atoms in total. The second-order valence-electron chi connectivity index (χ2n) is 5.92. The Labute approximate surface area is 146 Å². The fourth-order valence-corrected chi connectivity index (χ4v) is 2.94. The summed E-state index contributed by atoms with van der Waals surface area (Å²) in [6, 6.07) is 15.7. The first-order valence-electron chi connectivity index (χ1n) is 7.85. The van der Waals surface area contributed by atoms with Gasteiger partial charge in [-0.1, -0.05) is 29.8 Å². The molecule has 0 aliphatic heterocycles. The van der Waals surface area contributed by atoms with Gasteiger partial charge >= 0.3 is 0 Å². The Balaban J connectivity index is 1.69. The maximum absolute atomic E-state index is 12.3. The van der Waals surface area contributed by atoms with Crippen LogP contribution >= 0.6 is 11.6 Å². The van der Waals surface area contributed by atoms with Crippen LogP contribution in [0.4, 0.5) is 11.4 Å². The van der Waals surface area contributed by atoms with Crippen LogP contribution in [0, 0.1) is 0 Å². The monoisotopic (exact) mass is 341 g/mol. The molecule has 1 amide bonds. The van der Waals surface area contributed by atoms with Crippen LogP contribution in [0.15, 0.2) is 54.7 Å². The lowest BCUT2D eigenvalue weighted by atomic mass is 10.2. The number of rotatable bonds is 5. The minimum Gasteiger partial charge on any atom is -0.376 e. The summed E-state index contributed by atoms with van der Waals surface area (Å²) in [6.45, 7) is 0.636. The van der Waals surface area contributed by atoms with Crippen molar-refractivity contribution >= 4 is 39.8 Å². The summed E-state index contributed by atoms with van der Waals surface area (Å²) >= 11 is 6.05. The van der Waals surface area contributed by atoms with E-state index in [2.05, 4.69) is 28.1 Å². The van der Waals surface area contributed by atoms with Crippen LogP contribution in [0.25, 0.3) is 10.9 Å². The maximum Gasteiger partial charge on any atom is 0.226 e. The molecule has 3 rings (SSSR count). The number of carbonyl (C=O) groups excluding carboxylic acids is 1. The molecule has 124 valence electrons. The Hall–Kier alpha value is -2.46. The zero-order valence-corrected chi connectivity index (χ0v) is 14.5. The lowest BCUT2D eigenvalue weighted by Gasteiger charge is -2.18. The molecule has 0 fully saturated rings. The van der Waals surface area contributed by atoms with E-state index in [-0.39, 0.29) is 5.91 Å². The predicted molar refractivity (Wildman–Crippen MR) is 101 cm³/mol. The van der Waals surface area contributed by atoms with Gasteiger partial charge in [0, 0.05) is 43.8 Å². The fraction of sp³-hybridized carbons (Fsp3) is 0.211. The molecule has 0 aliphatic rings. The van der Waals surface area contributed by atoms with Crippen molar-refractivity contribution in [2.45, 2.75) is 13.0 Å². The first-order valence-corrected chi connectivity index (χ1v) is 8.23. The third-order valence-corrected chi connectivity index (χ3v) is 4.21. The van der Waals surface area contributed by atoms with Crippen molar-refractivity contribution in [3.8, 4) is 0 Å². The van der Waals surface area contributed by atoms with Gasteiger partial charge in [0.15, 0.2) is 0 Å². The SMILES string of the molecule is CN(C)c1ccc(Cl)cc1NC(=O)CCn1ccc2ccccc21. The third-order valence-electron chi connectivity index (χ3n) is 3.97. The highest BCUT2D eigenvalue weighted by Crippen LogP contribution is 2.28. The van der Waals surface area contributed by atoms with Gasteiger partial charge in [-0.3, -0.25) is 4.79 Å². The molecule has 2 aromatic carbocycles. The lowest BCUT2D eigenvalue weighted by molar-refractivity contribution is -0.116. The van der Waals surface area contributed by atoms with Crippen molar-refractivity contribution in [2.24, 2.45) is 0 Å². The summed E-state index contributed by atoms with van der Waals surface area (Å²) < 4.78 is 2.10. The van der Waals surface area contributed by atoms with Gasteiger partial charge < -0.3 is 14.8 Å². The number of aryl methyl sites for hydroxylation is 1. The smallest absolute Gasteiger partial charge is 0.226 e. The zero-order chi connectivity index (χ0) is 17.1. The summed E-state index contributed by atoms with van der Waals surface area (Å²) in [7, 11) is 3.87. The van der Waals surface area contributed by atoms with E-state index in [1.165, 1.54) is 5.39 Å². The second-order valence-corrected chi connectivity index (χ2v) is 6.36. The van der Waals surface area contributed by atoms with E-state index < -0.39 is 0 Å². The fourth-order valence-electron chi connectivity index (χ4n) is 2.77. The molecule has 5 heteroatoms. The van der Waals surface area contributed by atoms with Gasteiger partial charge in [-0.2, -0.15) is 0 Å². The van der Waals surface area contributed by atoms with Crippen LogP contribution in [0.3, 0.4) is 0 Å². The first-order chi connectivity index (χ1) is 11.5. The summed E-state index contributed by atoms with van der Waals surface area (Å²) in [6.07, 6.45) is 2.42. The number of para-hydroxylation sites is 1. The maximum atomic E-state index is 12.3. The van der Waals surface area contributed by atoms with Crippen LogP contribution in [0.5, 0.6) is 0 Å². The van der Waals surface area contributed by atoms with Crippen molar-refractivity contribution in [1.29, 1.82) is 0 Å². The number of nitrogens with one attached hydrogen (secondary N) is 1. The molecule has 0 aliphatic carbocycles. The molecule has 0 unspecified atom stereocenters. The molecular formula is C19H20ClN3O. The van der Waals surface area contributed by atoms with Gasteiger partial charge in [-0.15, -0.1) is 0 Å². The summed E-state index contributed by atoms with van der Waals surface area (Å²) in [5.41, 5.74) is 2.80. The Bertz CT molecular complexity index is 870. The van der Waals surface area contributed by atoms with Gasteiger partial charge in [-0.25, -0.2) is 0 Å². The number of aromatic nitrogens is 1. The number of hydrogen-bond donors (Lipinski definition) is 1. The van der Waals surface area contributed by atoms with Crippen LogP contribution in [0.2, 0.25) is 5.02 Å². The average Bonchev–Trinajstić information content (AvgIpc) is 2.96. The number of hydrogen-bond acceptors (Lipinski definition) is 2. The number of halogens is 1. The molecule has 0 bridgehead atoms. The number of fused-ring (bicyclic) bond motifs is 1. The normalized spacial score (nSPS) is 10.8. The van der Waals surface area contributed by atoms with Crippen LogP contribution in [-0.4, -0.2) is 24.6 Å². The lowest BCUT2D eigenvalue weighted by Crippen LogP contribution is -2.17.